The molecule has 1 heterocycles. The van der Waals surface area contributed by atoms with E-state index in [9.17, 15) is 19.3 Å². The van der Waals surface area contributed by atoms with Crippen molar-refractivity contribution in [3.63, 3.8) is 0 Å². The van der Waals surface area contributed by atoms with Crippen molar-refractivity contribution >= 4 is 17.3 Å². The van der Waals surface area contributed by atoms with Crippen molar-refractivity contribution in [1.29, 1.82) is 0 Å². The molecule has 0 N–H and O–H groups in total. The van der Waals surface area contributed by atoms with Crippen molar-refractivity contribution in [2.75, 3.05) is 19.0 Å². The lowest BCUT2D eigenvalue weighted by molar-refractivity contribution is -0.384. The summed E-state index contributed by atoms with van der Waals surface area (Å²) in [6.45, 7) is 1.53. The number of carbonyl (C=O) groups is 1. The standard InChI is InChI=1S/C19H17FN4O5/c1-11(17-21-22-18(29-17)12-4-6-13(20)7-5-12)28-19(25)15-10-14(24(26)27)8-9-16(15)23(2)3/h4-11H,1-3H3/t11-/m0/s1. The summed E-state index contributed by atoms with van der Waals surface area (Å²) >= 11 is 0. The van der Waals surface area contributed by atoms with E-state index < -0.39 is 22.8 Å². The fraction of sp³-hybridized carbons (Fsp3) is 0.211. The highest BCUT2D eigenvalue weighted by atomic mass is 19.1. The zero-order valence-corrected chi connectivity index (χ0v) is 15.8. The maximum Gasteiger partial charge on any atom is 0.341 e. The number of anilines is 1. The highest BCUT2D eigenvalue weighted by molar-refractivity contribution is 5.96. The molecule has 0 unspecified atom stereocenters. The van der Waals surface area contributed by atoms with Gasteiger partial charge in [0.05, 0.1) is 16.2 Å². The Morgan fingerprint density at radius 1 is 1.21 bits per heavy atom. The SMILES string of the molecule is C[C@H](OC(=O)c1cc([N+](=O)[O-])ccc1N(C)C)c1nnc(-c2ccc(F)cc2)o1. The maximum atomic E-state index is 13.0. The van der Waals surface area contributed by atoms with Gasteiger partial charge in [-0.25, -0.2) is 9.18 Å². The van der Waals surface area contributed by atoms with Gasteiger partial charge in [0.2, 0.25) is 5.89 Å². The Labute approximate surface area is 164 Å². The average Bonchev–Trinajstić information content (AvgIpc) is 3.18. The number of carbonyl (C=O) groups excluding carboxylic acids is 1. The van der Waals surface area contributed by atoms with E-state index in [-0.39, 0.29) is 23.0 Å². The Bertz CT molecular complexity index is 1050. The van der Waals surface area contributed by atoms with Crippen LogP contribution in [-0.2, 0) is 4.74 Å². The normalized spacial score (nSPS) is 11.7. The molecule has 1 aromatic heterocycles. The molecule has 3 rings (SSSR count). The first-order valence-electron chi connectivity index (χ1n) is 8.52. The molecular weight excluding hydrogens is 383 g/mol. The van der Waals surface area contributed by atoms with Gasteiger partial charge >= 0.3 is 5.97 Å². The Balaban J connectivity index is 1.81. The third-order valence-corrected chi connectivity index (χ3v) is 4.06. The van der Waals surface area contributed by atoms with Crippen molar-refractivity contribution in [1.82, 2.24) is 10.2 Å². The molecule has 0 aliphatic rings. The molecule has 9 nitrogen and oxygen atoms in total. The monoisotopic (exact) mass is 400 g/mol. The second kappa shape index (κ2) is 8.05. The van der Waals surface area contributed by atoms with Crippen molar-refractivity contribution in [2.45, 2.75) is 13.0 Å². The maximum absolute atomic E-state index is 13.0. The number of nitro benzene ring substituents is 1. The van der Waals surface area contributed by atoms with Gasteiger partial charge in [-0.2, -0.15) is 0 Å². The molecule has 1 atom stereocenters. The molecule has 0 amide bonds. The van der Waals surface area contributed by atoms with Gasteiger partial charge in [-0.1, -0.05) is 0 Å². The number of ether oxygens (including phenoxy) is 1. The molecule has 29 heavy (non-hydrogen) atoms. The lowest BCUT2D eigenvalue weighted by Crippen LogP contribution is -2.17. The number of rotatable bonds is 6. The van der Waals surface area contributed by atoms with Gasteiger partial charge in [-0.3, -0.25) is 10.1 Å². The molecule has 0 aliphatic carbocycles. The topological polar surface area (TPSA) is 112 Å². The zero-order chi connectivity index (χ0) is 21.1. The smallest absolute Gasteiger partial charge is 0.341 e. The van der Waals surface area contributed by atoms with Crippen LogP contribution in [0.25, 0.3) is 11.5 Å². The first-order valence-corrected chi connectivity index (χ1v) is 8.52. The quantitative estimate of drug-likeness (QED) is 0.349. The highest BCUT2D eigenvalue weighted by Gasteiger charge is 2.24. The van der Waals surface area contributed by atoms with Crippen LogP contribution in [0.3, 0.4) is 0 Å². The van der Waals surface area contributed by atoms with Crippen LogP contribution in [0.4, 0.5) is 15.8 Å². The van der Waals surface area contributed by atoms with E-state index in [1.807, 2.05) is 0 Å². The van der Waals surface area contributed by atoms with Gasteiger partial charge in [0, 0.05) is 31.8 Å². The lowest BCUT2D eigenvalue weighted by Gasteiger charge is -2.17. The number of nitro groups is 1. The zero-order valence-electron chi connectivity index (χ0n) is 15.8. The number of hydrogen-bond donors (Lipinski definition) is 0. The van der Waals surface area contributed by atoms with Crippen molar-refractivity contribution < 1.29 is 23.3 Å². The molecule has 10 heteroatoms. The van der Waals surface area contributed by atoms with Crippen LogP contribution in [0, 0.1) is 15.9 Å². The number of halogens is 1. The summed E-state index contributed by atoms with van der Waals surface area (Å²) in [7, 11) is 3.41. The average molecular weight is 400 g/mol. The van der Waals surface area contributed by atoms with Crippen LogP contribution in [0.1, 0.15) is 29.3 Å². The van der Waals surface area contributed by atoms with E-state index in [4.69, 9.17) is 9.15 Å². The van der Waals surface area contributed by atoms with Gasteiger partial charge in [0.15, 0.2) is 6.10 Å². The van der Waals surface area contributed by atoms with Gasteiger partial charge < -0.3 is 14.1 Å². The van der Waals surface area contributed by atoms with E-state index in [1.54, 1.807) is 19.0 Å². The van der Waals surface area contributed by atoms with Gasteiger partial charge in [0.25, 0.3) is 11.6 Å². The lowest BCUT2D eigenvalue weighted by atomic mass is 10.1. The van der Waals surface area contributed by atoms with Crippen LogP contribution in [0.2, 0.25) is 0 Å². The first kappa shape index (κ1) is 19.9. The number of esters is 1. The molecule has 0 bridgehead atoms. The van der Waals surface area contributed by atoms with E-state index in [1.165, 1.54) is 43.3 Å². The van der Waals surface area contributed by atoms with E-state index in [2.05, 4.69) is 10.2 Å². The Hall–Kier alpha value is -3.82. The van der Waals surface area contributed by atoms with E-state index >= 15 is 0 Å². The minimum atomic E-state index is -0.904. The molecule has 0 fully saturated rings. The molecule has 0 spiro atoms. The first-order chi connectivity index (χ1) is 13.8. The molecule has 150 valence electrons. The summed E-state index contributed by atoms with van der Waals surface area (Å²) in [6, 6.07) is 9.41. The van der Waals surface area contributed by atoms with Crippen LogP contribution in [0.5, 0.6) is 0 Å². The fourth-order valence-corrected chi connectivity index (χ4v) is 2.57. The Kier molecular flexibility index (Phi) is 5.53. The van der Waals surface area contributed by atoms with Gasteiger partial charge in [0.1, 0.15) is 5.82 Å². The van der Waals surface area contributed by atoms with Gasteiger partial charge in [-0.05, 0) is 37.3 Å². The summed E-state index contributed by atoms with van der Waals surface area (Å²) in [6.07, 6.45) is -0.904. The fourth-order valence-electron chi connectivity index (χ4n) is 2.57. The van der Waals surface area contributed by atoms with E-state index in [0.717, 1.165) is 6.07 Å². The third-order valence-electron chi connectivity index (χ3n) is 4.06. The number of benzene rings is 2. The molecule has 0 saturated heterocycles. The highest BCUT2D eigenvalue weighted by Crippen LogP contribution is 2.28. The molecule has 0 radical (unpaired) electrons. The number of non-ortho nitro benzene ring substituents is 1. The summed E-state index contributed by atoms with van der Waals surface area (Å²) in [5.74, 6) is -0.988. The third kappa shape index (κ3) is 4.37. The minimum absolute atomic E-state index is 0.0364. The van der Waals surface area contributed by atoms with Gasteiger partial charge in [-0.15, -0.1) is 10.2 Å². The molecular formula is C19H17FN4O5. The summed E-state index contributed by atoms with van der Waals surface area (Å²) < 4.78 is 23.9. The molecule has 3 aromatic rings. The minimum Gasteiger partial charge on any atom is -0.449 e. The summed E-state index contributed by atoms with van der Waals surface area (Å²) in [4.78, 5) is 24.7. The molecule has 0 saturated carbocycles. The Morgan fingerprint density at radius 3 is 2.52 bits per heavy atom. The predicted molar refractivity (Wildman–Crippen MR) is 101 cm³/mol. The number of nitrogens with zero attached hydrogens (tertiary/aromatic N) is 4. The number of hydrogen-bond acceptors (Lipinski definition) is 8. The van der Waals surface area contributed by atoms with Crippen LogP contribution < -0.4 is 4.90 Å². The molecule has 2 aromatic carbocycles. The summed E-state index contributed by atoms with van der Waals surface area (Å²) in [5, 5.41) is 18.8. The predicted octanol–water partition coefficient (Wildman–Crippen LogP) is 3.77. The second-order valence-corrected chi connectivity index (χ2v) is 6.35. The largest absolute Gasteiger partial charge is 0.449 e. The van der Waals surface area contributed by atoms with Crippen molar-refractivity contribution in [3.8, 4) is 11.5 Å². The Morgan fingerprint density at radius 2 is 1.90 bits per heavy atom. The van der Waals surface area contributed by atoms with Crippen LogP contribution in [-0.4, -0.2) is 35.2 Å². The number of aromatic nitrogens is 2. The summed E-state index contributed by atoms with van der Waals surface area (Å²) in [5.41, 5.74) is 0.781. The second-order valence-electron chi connectivity index (χ2n) is 6.35. The van der Waals surface area contributed by atoms with Crippen molar-refractivity contribution in [2.24, 2.45) is 0 Å². The van der Waals surface area contributed by atoms with Crippen LogP contribution in [0.15, 0.2) is 46.9 Å². The molecule has 0 aliphatic heterocycles. The van der Waals surface area contributed by atoms with Crippen LogP contribution >= 0.6 is 0 Å². The van der Waals surface area contributed by atoms with E-state index in [0.29, 0.717) is 11.3 Å². The van der Waals surface area contributed by atoms with Crippen molar-refractivity contribution in [3.05, 3.63) is 69.9 Å².